The largest absolute Gasteiger partial charge is 0.346 e. The number of benzene rings is 1. The number of hydrogen-bond acceptors (Lipinski definition) is 3. The van der Waals surface area contributed by atoms with Gasteiger partial charge in [0.05, 0.1) is 24.2 Å². The fourth-order valence-corrected chi connectivity index (χ4v) is 4.66. The predicted molar refractivity (Wildman–Crippen MR) is 96.3 cm³/mol. The standard InChI is InChI=1S/C21H21FN2O2/c1-3-18-13-25-21(26-18)9-8-15-10-19-14(11-20(15,21)2)12-23-24(19)17-6-4-16(22)5-7-17/h3-7,10,12,18H,1,8-9,11,13H2,2H3/t18-,20+,21+/m1/s1. The molecule has 1 aromatic heterocycles. The van der Waals surface area contributed by atoms with E-state index < -0.39 is 5.79 Å². The molecule has 26 heavy (non-hydrogen) atoms. The lowest BCUT2D eigenvalue weighted by Gasteiger charge is -2.41. The van der Waals surface area contributed by atoms with Gasteiger partial charge in [-0.3, -0.25) is 0 Å². The zero-order valence-electron chi connectivity index (χ0n) is 14.7. The van der Waals surface area contributed by atoms with Gasteiger partial charge in [0.2, 0.25) is 0 Å². The van der Waals surface area contributed by atoms with E-state index in [0.717, 1.165) is 36.2 Å². The molecule has 0 bridgehead atoms. The van der Waals surface area contributed by atoms with E-state index in [1.54, 1.807) is 12.1 Å². The maximum Gasteiger partial charge on any atom is 0.178 e. The van der Waals surface area contributed by atoms with Gasteiger partial charge in [-0.1, -0.05) is 18.6 Å². The fraction of sp³-hybridized carbons (Fsp3) is 0.381. The van der Waals surface area contributed by atoms with Crippen LogP contribution >= 0.6 is 0 Å². The molecule has 4 nitrogen and oxygen atoms in total. The van der Waals surface area contributed by atoms with Crippen molar-refractivity contribution in [2.45, 2.75) is 38.1 Å². The molecule has 3 atom stereocenters. The Morgan fingerprint density at radius 1 is 1.35 bits per heavy atom. The number of fused-ring (bicyclic) bond motifs is 3. The van der Waals surface area contributed by atoms with E-state index in [1.807, 2.05) is 17.0 Å². The Labute approximate surface area is 151 Å². The normalized spacial score (nSPS) is 32.4. The summed E-state index contributed by atoms with van der Waals surface area (Å²) in [6, 6.07) is 6.43. The van der Waals surface area contributed by atoms with Gasteiger partial charge in [-0.15, -0.1) is 6.58 Å². The van der Waals surface area contributed by atoms with Crippen LogP contribution in [0.5, 0.6) is 0 Å². The second kappa shape index (κ2) is 5.38. The van der Waals surface area contributed by atoms with Crippen LogP contribution in [-0.4, -0.2) is 28.3 Å². The number of hydrogen-bond donors (Lipinski definition) is 0. The molecule has 2 heterocycles. The summed E-state index contributed by atoms with van der Waals surface area (Å²) in [4.78, 5) is 0. The van der Waals surface area contributed by atoms with E-state index in [0.29, 0.717) is 6.61 Å². The highest BCUT2D eigenvalue weighted by molar-refractivity contribution is 5.62. The molecule has 2 fully saturated rings. The van der Waals surface area contributed by atoms with Gasteiger partial charge < -0.3 is 9.47 Å². The van der Waals surface area contributed by atoms with Crippen LogP contribution in [-0.2, 0) is 15.9 Å². The highest BCUT2D eigenvalue weighted by Gasteiger charge is 2.61. The average Bonchev–Trinajstić information content (AvgIpc) is 3.31. The maximum atomic E-state index is 13.2. The second-order valence-corrected chi connectivity index (χ2v) is 7.58. The van der Waals surface area contributed by atoms with Gasteiger partial charge in [-0.05, 0) is 48.7 Å². The quantitative estimate of drug-likeness (QED) is 0.765. The number of halogens is 1. The van der Waals surface area contributed by atoms with Crippen LogP contribution in [0.3, 0.4) is 0 Å². The first-order chi connectivity index (χ1) is 12.5. The van der Waals surface area contributed by atoms with Crippen LogP contribution in [0.25, 0.3) is 11.8 Å². The van der Waals surface area contributed by atoms with E-state index in [4.69, 9.17) is 9.47 Å². The number of ether oxygens (including phenoxy) is 2. The molecule has 1 aromatic carbocycles. The van der Waals surface area contributed by atoms with Crippen molar-refractivity contribution in [3.8, 4) is 5.69 Å². The summed E-state index contributed by atoms with van der Waals surface area (Å²) in [6.45, 7) is 6.64. The van der Waals surface area contributed by atoms with Crippen molar-refractivity contribution in [1.82, 2.24) is 9.78 Å². The molecule has 1 saturated carbocycles. The van der Waals surface area contributed by atoms with Gasteiger partial charge in [0, 0.05) is 11.8 Å². The third-order valence-electron chi connectivity index (χ3n) is 6.17. The molecule has 0 radical (unpaired) electrons. The average molecular weight is 352 g/mol. The number of aromatic nitrogens is 2. The van der Waals surface area contributed by atoms with Gasteiger partial charge in [0.25, 0.3) is 0 Å². The summed E-state index contributed by atoms with van der Waals surface area (Å²) in [7, 11) is 0. The van der Waals surface area contributed by atoms with Gasteiger partial charge in [-0.2, -0.15) is 5.10 Å². The van der Waals surface area contributed by atoms with Crippen molar-refractivity contribution >= 4 is 6.08 Å². The number of rotatable bonds is 2. The molecular formula is C21H21FN2O2. The molecule has 1 saturated heterocycles. The molecule has 0 amide bonds. The third-order valence-corrected chi connectivity index (χ3v) is 6.17. The summed E-state index contributed by atoms with van der Waals surface area (Å²) in [5.74, 6) is -0.821. The Balaban J connectivity index is 1.55. The molecule has 3 aliphatic rings. The number of nitrogens with zero attached hydrogens (tertiary/aromatic N) is 2. The molecule has 5 rings (SSSR count). The molecule has 1 aliphatic heterocycles. The minimum atomic E-state index is -0.576. The lowest BCUT2D eigenvalue weighted by molar-refractivity contribution is -0.214. The van der Waals surface area contributed by atoms with Crippen LogP contribution in [0.15, 0.2) is 48.7 Å². The van der Waals surface area contributed by atoms with E-state index in [9.17, 15) is 4.39 Å². The minimum Gasteiger partial charge on any atom is -0.346 e. The molecule has 134 valence electrons. The first-order valence-electron chi connectivity index (χ1n) is 9.03. The molecule has 0 unspecified atom stereocenters. The molecular weight excluding hydrogens is 331 g/mol. The van der Waals surface area contributed by atoms with Crippen LogP contribution < -0.4 is 0 Å². The monoisotopic (exact) mass is 352 g/mol. The third kappa shape index (κ3) is 2.04. The van der Waals surface area contributed by atoms with E-state index in [1.165, 1.54) is 17.7 Å². The molecule has 0 N–H and O–H groups in total. The highest BCUT2D eigenvalue weighted by atomic mass is 19.1. The van der Waals surface area contributed by atoms with Crippen molar-refractivity contribution in [3.63, 3.8) is 0 Å². The first-order valence-corrected chi connectivity index (χ1v) is 9.03. The molecule has 2 aromatic rings. The summed E-state index contributed by atoms with van der Waals surface area (Å²) in [5.41, 5.74) is 4.23. The maximum absolute atomic E-state index is 13.2. The summed E-state index contributed by atoms with van der Waals surface area (Å²) < 4.78 is 27.6. The van der Waals surface area contributed by atoms with Crippen LogP contribution in [0.1, 0.15) is 31.0 Å². The van der Waals surface area contributed by atoms with Gasteiger partial charge in [-0.25, -0.2) is 9.07 Å². The van der Waals surface area contributed by atoms with Crippen molar-refractivity contribution in [2.75, 3.05) is 6.61 Å². The Morgan fingerprint density at radius 3 is 2.88 bits per heavy atom. The second-order valence-electron chi connectivity index (χ2n) is 7.58. The van der Waals surface area contributed by atoms with Gasteiger partial charge in [0.15, 0.2) is 5.79 Å². The molecule has 1 spiro atoms. The van der Waals surface area contributed by atoms with Gasteiger partial charge >= 0.3 is 0 Å². The zero-order chi connectivity index (χ0) is 17.9. The SMILES string of the molecule is C=C[C@@H]1CO[C@@]2(CCC3=Cc4c(cnn4-c4ccc(F)cc4)C[C@@]32C)O1. The topological polar surface area (TPSA) is 36.3 Å². The molecule has 2 aliphatic carbocycles. The Hall–Kier alpha value is -2.24. The highest BCUT2D eigenvalue weighted by Crippen LogP contribution is 2.59. The van der Waals surface area contributed by atoms with Crippen LogP contribution in [0.2, 0.25) is 0 Å². The van der Waals surface area contributed by atoms with Crippen LogP contribution in [0.4, 0.5) is 4.39 Å². The lowest BCUT2D eigenvalue weighted by Crippen LogP contribution is -2.46. The van der Waals surface area contributed by atoms with Crippen molar-refractivity contribution in [3.05, 3.63) is 65.8 Å². The van der Waals surface area contributed by atoms with Crippen molar-refractivity contribution in [2.24, 2.45) is 5.41 Å². The van der Waals surface area contributed by atoms with E-state index >= 15 is 0 Å². The Bertz CT molecular complexity index is 917. The fourth-order valence-electron chi connectivity index (χ4n) is 4.66. The summed E-state index contributed by atoms with van der Waals surface area (Å²) >= 11 is 0. The predicted octanol–water partition coefficient (Wildman–Crippen LogP) is 4.05. The Kier molecular flexibility index (Phi) is 3.30. The minimum absolute atomic E-state index is 0.0467. The van der Waals surface area contributed by atoms with Crippen LogP contribution in [0, 0.1) is 11.2 Å². The smallest absolute Gasteiger partial charge is 0.178 e. The van der Waals surface area contributed by atoms with Gasteiger partial charge in [0.1, 0.15) is 11.9 Å². The summed E-state index contributed by atoms with van der Waals surface area (Å²) in [5, 5.41) is 4.55. The summed E-state index contributed by atoms with van der Waals surface area (Å²) in [6.07, 6.45) is 8.51. The Morgan fingerprint density at radius 2 is 2.15 bits per heavy atom. The zero-order valence-corrected chi connectivity index (χ0v) is 14.7. The lowest BCUT2D eigenvalue weighted by atomic mass is 9.72. The van der Waals surface area contributed by atoms with Crippen molar-refractivity contribution in [1.29, 1.82) is 0 Å². The van der Waals surface area contributed by atoms with Crippen molar-refractivity contribution < 1.29 is 13.9 Å². The first kappa shape index (κ1) is 16.0. The molecule has 5 heteroatoms. The van der Waals surface area contributed by atoms with E-state index in [2.05, 4.69) is 24.7 Å². The van der Waals surface area contributed by atoms with E-state index in [-0.39, 0.29) is 17.3 Å².